The molecule has 0 aromatic carbocycles. The lowest BCUT2D eigenvalue weighted by atomic mass is 10.1. The molecule has 7 nitrogen and oxygen atoms in total. The number of nitrogen functional groups attached to an aromatic ring is 1. The standard InChI is InChI=1S/C16H20ClN5O2/c1-16(2,3)24-15(23)21-6-7-22-12(9-21)10(8-19-22)14-11(18)4-5-13(17)20-14/h4-5,8H,6-7,9,18H2,1-3H3. The van der Waals surface area contributed by atoms with E-state index < -0.39 is 5.60 Å². The Morgan fingerprint density at radius 3 is 2.79 bits per heavy atom. The van der Waals surface area contributed by atoms with E-state index >= 15 is 0 Å². The number of carbonyl (C=O) groups is 1. The largest absolute Gasteiger partial charge is 0.444 e. The average molecular weight is 350 g/mol. The van der Waals surface area contributed by atoms with E-state index in [9.17, 15) is 4.79 Å². The predicted molar refractivity (Wildman–Crippen MR) is 91.5 cm³/mol. The van der Waals surface area contributed by atoms with Gasteiger partial charge in [-0.1, -0.05) is 11.6 Å². The minimum Gasteiger partial charge on any atom is -0.444 e. The van der Waals surface area contributed by atoms with E-state index in [0.29, 0.717) is 36.2 Å². The van der Waals surface area contributed by atoms with Gasteiger partial charge < -0.3 is 15.4 Å². The molecule has 3 rings (SSSR count). The molecule has 0 saturated heterocycles. The molecule has 2 aromatic heterocycles. The van der Waals surface area contributed by atoms with Crippen molar-refractivity contribution in [2.24, 2.45) is 0 Å². The molecule has 3 heterocycles. The minimum absolute atomic E-state index is 0.340. The van der Waals surface area contributed by atoms with Gasteiger partial charge in [0.25, 0.3) is 0 Å². The van der Waals surface area contributed by atoms with Gasteiger partial charge in [-0.25, -0.2) is 9.78 Å². The number of anilines is 1. The van der Waals surface area contributed by atoms with Crippen LogP contribution in [0.15, 0.2) is 18.3 Å². The summed E-state index contributed by atoms with van der Waals surface area (Å²) in [4.78, 5) is 18.3. The number of nitrogens with zero attached hydrogens (tertiary/aromatic N) is 4. The van der Waals surface area contributed by atoms with Gasteiger partial charge in [0.2, 0.25) is 0 Å². The number of carbonyl (C=O) groups excluding carboxylic acids is 1. The molecule has 0 fully saturated rings. The second kappa shape index (κ2) is 5.98. The maximum Gasteiger partial charge on any atom is 0.410 e. The number of halogens is 1. The van der Waals surface area contributed by atoms with Gasteiger partial charge in [0.1, 0.15) is 10.8 Å². The molecule has 0 saturated carbocycles. The second-order valence-electron chi connectivity index (χ2n) is 6.70. The Balaban J connectivity index is 1.90. The number of hydrogen-bond donors (Lipinski definition) is 1. The third kappa shape index (κ3) is 3.31. The van der Waals surface area contributed by atoms with Crippen LogP contribution in [0.1, 0.15) is 26.5 Å². The number of nitrogens with two attached hydrogens (primary N) is 1. The van der Waals surface area contributed by atoms with Gasteiger partial charge in [-0.15, -0.1) is 0 Å². The Hall–Kier alpha value is -2.28. The van der Waals surface area contributed by atoms with Gasteiger partial charge in [-0.05, 0) is 32.9 Å². The molecule has 8 heteroatoms. The number of pyridine rings is 1. The Labute approximate surface area is 145 Å². The highest BCUT2D eigenvalue weighted by atomic mass is 35.5. The summed E-state index contributed by atoms with van der Waals surface area (Å²) >= 11 is 5.99. The van der Waals surface area contributed by atoms with Gasteiger partial charge in [-0.3, -0.25) is 4.68 Å². The number of hydrogen-bond acceptors (Lipinski definition) is 5. The van der Waals surface area contributed by atoms with Crippen molar-refractivity contribution in [3.8, 4) is 11.3 Å². The topological polar surface area (TPSA) is 86.3 Å². The quantitative estimate of drug-likeness (QED) is 0.800. The molecule has 2 N–H and O–H groups in total. The van der Waals surface area contributed by atoms with Crippen LogP contribution in [0, 0.1) is 0 Å². The molecular formula is C16H20ClN5O2. The summed E-state index contributed by atoms with van der Waals surface area (Å²) in [7, 11) is 0. The molecule has 0 aliphatic carbocycles. The van der Waals surface area contributed by atoms with Gasteiger partial charge in [0.05, 0.1) is 36.4 Å². The smallest absolute Gasteiger partial charge is 0.410 e. The van der Waals surface area contributed by atoms with Crippen LogP contribution in [0.4, 0.5) is 10.5 Å². The normalized spacial score (nSPS) is 14.4. The summed E-state index contributed by atoms with van der Waals surface area (Å²) in [6, 6.07) is 3.35. The Morgan fingerprint density at radius 2 is 2.08 bits per heavy atom. The van der Waals surface area contributed by atoms with Crippen molar-refractivity contribution in [1.29, 1.82) is 0 Å². The Bertz CT molecular complexity index is 781. The average Bonchev–Trinajstić information content (AvgIpc) is 2.91. The molecule has 24 heavy (non-hydrogen) atoms. The Kier molecular flexibility index (Phi) is 4.13. The monoisotopic (exact) mass is 349 g/mol. The van der Waals surface area contributed by atoms with Gasteiger partial charge in [0.15, 0.2) is 0 Å². The Morgan fingerprint density at radius 1 is 1.33 bits per heavy atom. The lowest BCUT2D eigenvalue weighted by molar-refractivity contribution is 0.0195. The van der Waals surface area contributed by atoms with Gasteiger partial charge in [-0.2, -0.15) is 5.10 Å². The second-order valence-corrected chi connectivity index (χ2v) is 7.09. The van der Waals surface area contributed by atoms with Crippen molar-refractivity contribution in [3.05, 3.63) is 29.2 Å². The number of aromatic nitrogens is 3. The van der Waals surface area contributed by atoms with Gasteiger partial charge in [0, 0.05) is 12.1 Å². The van der Waals surface area contributed by atoms with E-state index in [1.165, 1.54) is 0 Å². The lowest BCUT2D eigenvalue weighted by Gasteiger charge is -2.30. The highest BCUT2D eigenvalue weighted by Gasteiger charge is 2.28. The number of rotatable bonds is 1. The fraction of sp³-hybridized carbons (Fsp3) is 0.438. The SMILES string of the molecule is CC(C)(C)OC(=O)N1CCn2ncc(-c3nc(Cl)ccc3N)c2C1. The van der Waals surface area contributed by atoms with Crippen LogP contribution in [0.3, 0.4) is 0 Å². The van der Waals surface area contributed by atoms with Crippen LogP contribution >= 0.6 is 11.6 Å². The molecular weight excluding hydrogens is 330 g/mol. The van der Waals surface area contributed by atoms with Crippen LogP contribution in [0.2, 0.25) is 5.15 Å². The first-order chi connectivity index (χ1) is 11.2. The van der Waals surface area contributed by atoms with Crippen molar-refractivity contribution < 1.29 is 9.53 Å². The fourth-order valence-electron chi connectivity index (χ4n) is 2.59. The first-order valence-electron chi connectivity index (χ1n) is 7.69. The van der Waals surface area contributed by atoms with Crippen LogP contribution < -0.4 is 5.73 Å². The number of fused-ring (bicyclic) bond motifs is 1. The zero-order valence-corrected chi connectivity index (χ0v) is 14.7. The number of amides is 1. The van der Waals surface area contributed by atoms with E-state index in [4.69, 9.17) is 22.1 Å². The molecule has 0 radical (unpaired) electrons. The lowest BCUT2D eigenvalue weighted by Crippen LogP contribution is -2.41. The molecule has 0 unspecified atom stereocenters. The summed E-state index contributed by atoms with van der Waals surface area (Å²) in [5, 5.41) is 4.73. The van der Waals surface area contributed by atoms with E-state index in [2.05, 4.69) is 10.1 Å². The highest BCUT2D eigenvalue weighted by molar-refractivity contribution is 6.29. The van der Waals surface area contributed by atoms with Crippen molar-refractivity contribution >= 4 is 23.4 Å². The summed E-state index contributed by atoms with van der Waals surface area (Å²) in [5.74, 6) is 0. The molecule has 1 aliphatic rings. The van der Waals surface area contributed by atoms with E-state index in [1.807, 2.05) is 25.5 Å². The van der Waals surface area contributed by atoms with Crippen molar-refractivity contribution in [3.63, 3.8) is 0 Å². The molecule has 1 amide bonds. The highest BCUT2D eigenvalue weighted by Crippen LogP contribution is 2.31. The number of ether oxygens (including phenoxy) is 1. The van der Waals surface area contributed by atoms with Crippen molar-refractivity contribution in [2.75, 3.05) is 12.3 Å². The third-order valence-electron chi connectivity index (χ3n) is 3.67. The van der Waals surface area contributed by atoms with E-state index in [-0.39, 0.29) is 6.09 Å². The van der Waals surface area contributed by atoms with Crippen molar-refractivity contribution in [2.45, 2.75) is 39.5 Å². The molecule has 2 aromatic rings. The maximum absolute atomic E-state index is 12.3. The molecule has 1 aliphatic heterocycles. The summed E-state index contributed by atoms with van der Waals surface area (Å²) in [6.07, 6.45) is 1.37. The van der Waals surface area contributed by atoms with Crippen molar-refractivity contribution in [1.82, 2.24) is 19.7 Å². The first kappa shape index (κ1) is 16.6. The maximum atomic E-state index is 12.3. The van der Waals surface area contributed by atoms with Crippen LogP contribution in [-0.4, -0.2) is 37.9 Å². The molecule has 0 atom stereocenters. The predicted octanol–water partition coefficient (Wildman–Crippen LogP) is 2.93. The zero-order chi connectivity index (χ0) is 17.5. The summed E-state index contributed by atoms with van der Waals surface area (Å²) in [6.45, 7) is 7.07. The molecule has 0 spiro atoms. The van der Waals surface area contributed by atoms with Crippen LogP contribution in [0.25, 0.3) is 11.3 Å². The summed E-state index contributed by atoms with van der Waals surface area (Å²) < 4.78 is 7.31. The van der Waals surface area contributed by atoms with E-state index in [0.717, 1.165) is 11.3 Å². The summed E-state index contributed by atoms with van der Waals surface area (Å²) in [5.41, 5.74) is 8.24. The fourth-order valence-corrected chi connectivity index (χ4v) is 2.73. The van der Waals surface area contributed by atoms with Crippen LogP contribution in [-0.2, 0) is 17.8 Å². The van der Waals surface area contributed by atoms with Gasteiger partial charge >= 0.3 is 6.09 Å². The molecule has 0 bridgehead atoms. The minimum atomic E-state index is -0.531. The van der Waals surface area contributed by atoms with E-state index in [1.54, 1.807) is 23.2 Å². The first-order valence-corrected chi connectivity index (χ1v) is 8.07. The third-order valence-corrected chi connectivity index (χ3v) is 3.88. The zero-order valence-electron chi connectivity index (χ0n) is 13.9. The molecule has 128 valence electrons. The van der Waals surface area contributed by atoms with Crippen LogP contribution in [0.5, 0.6) is 0 Å².